The lowest BCUT2D eigenvalue weighted by Gasteiger charge is -2.18. The lowest BCUT2D eigenvalue weighted by atomic mass is 9.99. The van der Waals surface area contributed by atoms with Crippen molar-refractivity contribution in [2.24, 2.45) is 5.92 Å². The number of hydrogen-bond donors (Lipinski definition) is 3. The van der Waals surface area contributed by atoms with Crippen LogP contribution in [-0.2, 0) is 19.9 Å². The summed E-state index contributed by atoms with van der Waals surface area (Å²) in [6.45, 7) is 0.167. The predicted octanol–water partition coefficient (Wildman–Crippen LogP) is -1.22. The SMILES string of the molecule is O=C(O)C1CCNC(=S(=O)=O)C1.O=CO. The van der Waals surface area contributed by atoms with Gasteiger partial charge in [-0.15, -0.1) is 0 Å². The minimum Gasteiger partial charge on any atom is -0.483 e. The molecule has 0 radical (unpaired) electrons. The van der Waals surface area contributed by atoms with Crippen molar-refractivity contribution < 1.29 is 28.2 Å². The van der Waals surface area contributed by atoms with Crippen LogP contribution in [0.15, 0.2) is 0 Å². The van der Waals surface area contributed by atoms with E-state index in [1.165, 1.54) is 0 Å². The molecule has 1 atom stereocenters. The van der Waals surface area contributed by atoms with E-state index in [-0.39, 0.29) is 17.9 Å². The van der Waals surface area contributed by atoms with Gasteiger partial charge in [0, 0.05) is 13.0 Å². The quantitative estimate of drug-likeness (QED) is 0.386. The number of piperidine rings is 1. The molecule has 0 amide bonds. The first-order valence-electron chi connectivity index (χ1n) is 4.02. The second kappa shape index (κ2) is 6.96. The summed E-state index contributed by atoms with van der Waals surface area (Å²) in [6.07, 6.45) is 0.571. The fourth-order valence-corrected chi connectivity index (χ4v) is 1.68. The molecule has 1 unspecified atom stereocenters. The van der Waals surface area contributed by atoms with E-state index in [0.29, 0.717) is 13.0 Å². The van der Waals surface area contributed by atoms with E-state index in [1.807, 2.05) is 0 Å². The van der Waals surface area contributed by atoms with Crippen molar-refractivity contribution in [1.82, 2.24) is 5.32 Å². The van der Waals surface area contributed by atoms with E-state index in [9.17, 15) is 13.2 Å². The molecular weight excluding hydrogens is 226 g/mol. The zero-order valence-corrected chi connectivity index (χ0v) is 8.53. The summed E-state index contributed by atoms with van der Waals surface area (Å²) < 4.78 is 20.9. The smallest absolute Gasteiger partial charge is 0.306 e. The Bertz CT molecular complexity index is 352. The Labute approximate surface area is 87.3 Å². The van der Waals surface area contributed by atoms with Crippen molar-refractivity contribution in [3.8, 4) is 0 Å². The van der Waals surface area contributed by atoms with Crippen LogP contribution in [0.2, 0.25) is 0 Å². The zero-order valence-electron chi connectivity index (χ0n) is 7.71. The first kappa shape index (κ1) is 13.6. The summed E-state index contributed by atoms with van der Waals surface area (Å²) in [5, 5.41) is 18.1. The Morgan fingerprint density at radius 3 is 2.47 bits per heavy atom. The molecule has 1 rings (SSSR count). The van der Waals surface area contributed by atoms with E-state index < -0.39 is 22.2 Å². The van der Waals surface area contributed by atoms with Crippen molar-refractivity contribution in [3.05, 3.63) is 0 Å². The highest BCUT2D eigenvalue weighted by Gasteiger charge is 2.24. The summed E-state index contributed by atoms with van der Waals surface area (Å²) in [7, 11) is -2.30. The number of nitrogens with one attached hydrogen (secondary N) is 1. The molecule has 8 heteroatoms. The Morgan fingerprint density at radius 2 is 2.07 bits per heavy atom. The van der Waals surface area contributed by atoms with Crippen LogP contribution in [-0.4, -0.2) is 42.6 Å². The molecule has 86 valence electrons. The first-order valence-corrected chi connectivity index (χ1v) is 5.10. The fraction of sp³-hybridized carbons (Fsp3) is 0.571. The largest absolute Gasteiger partial charge is 0.483 e. The van der Waals surface area contributed by atoms with Gasteiger partial charge in [0.2, 0.25) is 10.3 Å². The highest BCUT2D eigenvalue weighted by Crippen LogP contribution is 2.12. The highest BCUT2D eigenvalue weighted by atomic mass is 32.2. The molecule has 0 aromatic heterocycles. The van der Waals surface area contributed by atoms with E-state index in [1.54, 1.807) is 0 Å². The van der Waals surface area contributed by atoms with Crippen LogP contribution < -0.4 is 5.32 Å². The molecule has 1 fully saturated rings. The molecule has 0 saturated carbocycles. The molecular formula is C7H11NO6S. The van der Waals surface area contributed by atoms with Gasteiger partial charge in [-0.1, -0.05) is 0 Å². The number of carboxylic acids is 1. The monoisotopic (exact) mass is 237 g/mol. The number of carboxylic acid groups (broad SMARTS) is 2. The van der Waals surface area contributed by atoms with Gasteiger partial charge in [0.15, 0.2) is 0 Å². The third kappa shape index (κ3) is 5.13. The third-order valence-electron chi connectivity index (χ3n) is 1.80. The Kier molecular flexibility index (Phi) is 6.30. The van der Waals surface area contributed by atoms with Gasteiger partial charge in [0.1, 0.15) is 4.99 Å². The van der Waals surface area contributed by atoms with Gasteiger partial charge in [0.05, 0.1) is 5.92 Å². The van der Waals surface area contributed by atoms with Crippen LogP contribution in [0.25, 0.3) is 0 Å². The van der Waals surface area contributed by atoms with Gasteiger partial charge in [-0.05, 0) is 6.42 Å². The van der Waals surface area contributed by atoms with Crippen LogP contribution in [0.1, 0.15) is 12.8 Å². The molecule has 1 saturated heterocycles. The van der Waals surface area contributed by atoms with Gasteiger partial charge in [-0.2, -0.15) is 8.42 Å². The molecule has 3 N–H and O–H groups in total. The summed E-state index contributed by atoms with van der Waals surface area (Å²) in [5.41, 5.74) is 0. The lowest BCUT2D eigenvalue weighted by molar-refractivity contribution is -0.141. The fourth-order valence-electron chi connectivity index (χ4n) is 1.12. The minimum absolute atomic E-state index is 0.0887. The van der Waals surface area contributed by atoms with Crippen LogP contribution in [0, 0.1) is 5.92 Å². The number of rotatable bonds is 1. The molecule has 0 aromatic carbocycles. The van der Waals surface area contributed by atoms with Gasteiger partial charge in [-0.3, -0.25) is 14.9 Å². The molecule has 15 heavy (non-hydrogen) atoms. The second-order valence-corrected chi connectivity index (χ2v) is 3.68. The molecule has 0 spiro atoms. The van der Waals surface area contributed by atoms with Crippen LogP contribution in [0.3, 0.4) is 0 Å². The Hall–Kier alpha value is -1.41. The van der Waals surface area contributed by atoms with E-state index in [0.717, 1.165) is 0 Å². The molecule has 0 aliphatic carbocycles. The van der Waals surface area contributed by atoms with Crippen molar-refractivity contribution in [2.75, 3.05) is 6.54 Å². The molecule has 1 heterocycles. The van der Waals surface area contributed by atoms with E-state index in [2.05, 4.69) is 5.32 Å². The van der Waals surface area contributed by atoms with Gasteiger partial charge in [0.25, 0.3) is 6.47 Å². The minimum atomic E-state index is -2.30. The maximum Gasteiger partial charge on any atom is 0.306 e. The summed E-state index contributed by atoms with van der Waals surface area (Å²) in [6, 6.07) is 0. The Morgan fingerprint density at radius 1 is 1.53 bits per heavy atom. The first-order chi connectivity index (χ1) is 7.02. The number of hydrogen-bond acceptors (Lipinski definition) is 4. The van der Waals surface area contributed by atoms with Crippen LogP contribution >= 0.6 is 0 Å². The van der Waals surface area contributed by atoms with Gasteiger partial charge in [-0.25, -0.2) is 0 Å². The van der Waals surface area contributed by atoms with Crippen LogP contribution in [0.4, 0.5) is 0 Å². The highest BCUT2D eigenvalue weighted by molar-refractivity contribution is 7.72. The van der Waals surface area contributed by atoms with Crippen LogP contribution in [0.5, 0.6) is 0 Å². The average Bonchev–Trinajstić information content (AvgIpc) is 2.19. The maximum absolute atomic E-state index is 10.5. The van der Waals surface area contributed by atoms with Crippen molar-refractivity contribution >= 4 is 27.7 Å². The van der Waals surface area contributed by atoms with E-state index in [4.69, 9.17) is 15.0 Å². The number of aliphatic carboxylic acids is 1. The third-order valence-corrected chi connectivity index (χ3v) is 2.51. The molecule has 1 aliphatic rings. The van der Waals surface area contributed by atoms with E-state index >= 15 is 0 Å². The lowest BCUT2D eigenvalue weighted by Crippen LogP contribution is -2.37. The predicted molar refractivity (Wildman–Crippen MR) is 51.0 cm³/mol. The maximum atomic E-state index is 10.5. The normalized spacial score (nSPS) is 19.7. The number of carbonyl (C=O) groups is 2. The van der Waals surface area contributed by atoms with Gasteiger partial charge >= 0.3 is 5.97 Å². The molecule has 0 bridgehead atoms. The zero-order chi connectivity index (χ0) is 11.8. The molecule has 1 aliphatic heterocycles. The van der Waals surface area contributed by atoms with Gasteiger partial charge < -0.3 is 10.2 Å². The van der Waals surface area contributed by atoms with Crippen molar-refractivity contribution in [2.45, 2.75) is 12.8 Å². The molecule has 0 aromatic rings. The average molecular weight is 237 g/mol. The summed E-state index contributed by atoms with van der Waals surface area (Å²) >= 11 is 0. The Balaban J connectivity index is 0.000000583. The summed E-state index contributed by atoms with van der Waals surface area (Å²) in [5.74, 6) is -1.49. The van der Waals surface area contributed by atoms with Crippen molar-refractivity contribution in [3.63, 3.8) is 0 Å². The topological polar surface area (TPSA) is 121 Å². The molecule has 7 nitrogen and oxygen atoms in total. The van der Waals surface area contributed by atoms with Crippen molar-refractivity contribution in [1.29, 1.82) is 0 Å². The standard InChI is InChI=1S/C6H9NO4S.CH2O2/c8-6(9)4-1-2-7-5(3-4)12(10)11;2-1-3/h4,7H,1-3H2,(H,8,9);1H,(H,2,3). The second-order valence-electron chi connectivity index (χ2n) is 2.72. The summed E-state index contributed by atoms with van der Waals surface area (Å²) in [4.78, 5) is 18.9.